The molecule has 0 aliphatic carbocycles. The van der Waals surface area contributed by atoms with Crippen LogP contribution >= 0.6 is 0 Å². The van der Waals surface area contributed by atoms with Gasteiger partial charge in [-0.15, -0.1) is 0 Å². The number of benzene rings is 1. The summed E-state index contributed by atoms with van der Waals surface area (Å²) in [5.74, 6) is 0. The third-order valence-electron chi connectivity index (χ3n) is 3.51. The molecule has 1 unspecified atom stereocenters. The first-order chi connectivity index (χ1) is 10.7. The number of rotatable bonds is 11. The maximum atomic E-state index is 6.21. The van der Waals surface area contributed by atoms with Gasteiger partial charge in [0.15, 0.2) is 5.41 Å². The van der Waals surface area contributed by atoms with Crippen LogP contribution in [0.4, 0.5) is 0 Å². The van der Waals surface area contributed by atoms with Gasteiger partial charge in [0.25, 0.3) is 0 Å². The normalized spacial score (nSPS) is 13.1. The second kappa shape index (κ2) is 9.95. The summed E-state index contributed by atoms with van der Waals surface area (Å²) < 4.78 is 17.9. The summed E-state index contributed by atoms with van der Waals surface area (Å²) in [5.41, 5.74) is 1.67. The van der Waals surface area contributed by atoms with Crippen LogP contribution in [0, 0.1) is 0 Å². The van der Waals surface area contributed by atoms with Gasteiger partial charge in [-0.3, -0.25) is 0 Å². The molecule has 1 aromatic rings. The first kappa shape index (κ1) is 19.1. The smallest absolute Gasteiger partial charge is 0.305 e. The van der Waals surface area contributed by atoms with Crippen LogP contribution in [0.5, 0.6) is 0 Å². The summed E-state index contributed by atoms with van der Waals surface area (Å²) in [5, 5.41) is 0. The molecule has 1 atom stereocenters. The molecule has 0 bridgehead atoms. The van der Waals surface area contributed by atoms with E-state index in [1.54, 1.807) is 0 Å². The lowest BCUT2D eigenvalue weighted by Crippen LogP contribution is -2.43. The Balaban J connectivity index is 2.86. The highest BCUT2D eigenvalue weighted by Gasteiger charge is 2.33. The Morgan fingerprint density at radius 1 is 1.14 bits per heavy atom. The van der Waals surface area contributed by atoms with Gasteiger partial charge in [0.1, 0.15) is 0 Å². The highest BCUT2D eigenvalue weighted by molar-refractivity contribution is 6.31. The van der Waals surface area contributed by atoms with E-state index < -0.39 is 5.41 Å². The van der Waals surface area contributed by atoms with Gasteiger partial charge in [-0.05, 0) is 37.8 Å². The maximum Gasteiger partial charge on any atom is 0.305 e. The van der Waals surface area contributed by atoms with Crippen molar-refractivity contribution in [2.75, 3.05) is 13.2 Å². The van der Waals surface area contributed by atoms with Crippen molar-refractivity contribution in [1.29, 1.82) is 0 Å². The molecule has 0 fully saturated rings. The Morgan fingerprint density at radius 3 is 2.27 bits per heavy atom. The van der Waals surface area contributed by atoms with Gasteiger partial charge >= 0.3 is 9.76 Å². The molecule has 3 nitrogen and oxygen atoms in total. The molecule has 4 heteroatoms. The fraction of sp³-hybridized carbons (Fsp3) is 0.556. The van der Waals surface area contributed by atoms with Crippen molar-refractivity contribution >= 4 is 15.8 Å². The lowest BCUT2D eigenvalue weighted by molar-refractivity contribution is -0.184. The molecule has 0 spiro atoms. The van der Waals surface area contributed by atoms with Crippen molar-refractivity contribution in [3.05, 3.63) is 42.0 Å². The van der Waals surface area contributed by atoms with E-state index >= 15 is 0 Å². The third-order valence-corrected chi connectivity index (χ3v) is 4.87. The zero-order valence-electron chi connectivity index (χ0n) is 14.2. The first-order valence-electron chi connectivity index (χ1n) is 8.08. The van der Waals surface area contributed by atoms with E-state index in [2.05, 4.69) is 32.6 Å². The molecular formula is C18H28O3Si. The highest BCUT2D eigenvalue weighted by Crippen LogP contribution is 2.27. The van der Waals surface area contributed by atoms with Gasteiger partial charge in [-0.25, -0.2) is 0 Å². The molecule has 0 saturated heterocycles. The van der Waals surface area contributed by atoms with Gasteiger partial charge in [0.05, 0.1) is 6.10 Å². The van der Waals surface area contributed by atoms with Crippen LogP contribution < -0.4 is 0 Å². The topological polar surface area (TPSA) is 27.7 Å². The molecule has 0 aromatic heterocycles. The summed E-state index contributed by atoms with van der Waals surface area (Å²) in [4.78, 5) is 0. The predicted molar refractivity (Wildman–Crippen MR) is 92.7 cm³/mol. The molecule has 0 N–H and O–H groups in total. The minimum absolute atomic E-state index is 0.0272. The fourth-order valence-corrected chi connectivity index (χ4v) is 3.53. The lowest BCUT2D eigenvalue weighted by Gasteiger charge is -2.32. The molecule has 0 heterocycles. The summed E-state index contributed by atoms with van der Waals surface area (Å²) in [7, 11) is 0.139. The summed E-state index contributed by atoms with van der Waals surface area (Å²) in [6.07, 6.45) is 3.57. The second-order valence-electron chi connectivity index (χ2n) is 4.92. The van der Waals surface area contributed by atoms with Crippen LogP contribution in [0.15, 0.2) is 30.8 Å². The minimum atomic E-state index is -0.625. The molecular weight excluding hydrogens is 292 g/mol. The van der Waals surface area contributed by atoms with Crippen LogP contribution in [0.25, 0.3) is 6.08 Å². The van der Waals surface area contributed by atoms with Gasteiger partial charge in [-0.1, -0.05) is 50.8 Å². The Labute approximate surface area is 137 Å². The van der Waals surface area contributed by atoms with E-state index in [0.29, 0.717) is 13.2 Å². The molecule has 122 valence electrons. The van der Waals surface area contributed by atoms with E-state index in [0.717, 1.165) is 18.4 Å². The van der Waals surface area contributed by atoms with E-state index in [-0.39, 0.29) is 15.9 Å². The predicted octanol–water partition coefficient (Wildman–Crippen LogP) is 4.55. The van der Waals surface area contributed by atoms with Crippen molar-refractivity contribution in [2.45, 2.75) is 52.1 Å². The van der Waals surface area contributed by atoms with Gasteiger partial charge in [0, 0.05) is 13.2 Å². The fourth-order valence-electron chi connectivity index (χ4n) is 2.36. The molecule has 0 aliphatic rings. The zero-order valence-corrected chi connectivity index (χ0v) is 15.2. The molecule has 0 amide bonds. The second-order valence-corrected chi connectivity index (χ2v) is 6.12. The summed E-state index contributed by atoms with van der Waals surface area (Å²) in [6, 6.07) is 8.22. The van der Waals surface area contributed by atoms with E-state index in [9.17, 15) is 0 Å². The molecule has 2 radical (unpaired) electrons. The van der Waals surface area contributed by atoms with Gasteiger partial charge < -0.3 is 13.9 Å². The van der Waals surface area contributed by atoms with Gasteiger partial charge in [0.2, 0.25) is 0 Å². The Hall–Kier alpha value is -0.943. The quantitative estimate of drug-likeness (QED) is 0.442. The first-order valence-corrected chi connectivity index (χ1v) is 8.99. The van der Waals surface area contributed by atoms with Crippen molar-refractivity contribution in [2.24, 2.45) is 0 Å². The minimum Gasteiger partial charge on any atom is -0.405 e. The Kier molecular flexibility index (Phi) is 8.64. The van der Waals surface area contributed by atoms with E-state index in [1.165, 1.54) is 5.56 Å². The average Bonchev–Trinajstić information content (AvgIpc) is 2.56. The summed E-state index contributed by atoms with van der Waals surface area (Å²) in [6.45, 7) is 13.3. The standard InChI is InChI=1S/C18H28O3Si/c1-6-15-13-11-12-14-16(15)17(7-2)21-22-18(8-3,19-9-4)20-10-5/h6,11-14,17H,1,7-10H2,2-5H3. The third kappa shape index (κ3) is 5.06. The molecule has 0 aliphatic heterocycles. The van der Waals surface area contributed by atoms with Gasteiger partial charge in [-0.2, -0.15) is 0 Å². The van der Waals surface area contributed by atoms with Crippen molar-refractivity contribution in [3.8, 4) is 0 Å². The molecule has 1 rings (SSSR count). The van der Waals surface area contributed by atoms with Crippen molar-refractivity contribution < 1.29 is 13.9 Å². The van der Waals surface area contributed by atoms with Crippen LogP contribution in [-0.4, -0.2) is 28.4 Å². The number of hydrogen-bond acceptors (Lipinski definition) is 3. The molecule has 22 heavy (non-hydrogen) atoms. The molecule has 0 saturated carbocycles. The summed E-state index contributed by atoms with van der Waals surface area (Å²) >= 11 is 0. The van der Waals surface area contributed by atoms with Crippen LogP contribution in [-0.2, 0) is 13.9 Å². The van der Waals surface area contributed by atoms with Crippen LogP contribution in [0.1, 0.15) is 57.8 Å². The largest absolute Gasteiger partial charge is 0.405 e. The van der Waals surface area contributed by atoms with E-state index in [1.807, 2.05) is 32.1 Å². The van der Waals surface area contributed by atoms with Crippen molar-refractivity contribution in [3.63, 3.8) is 0 Å². The van der Waals surface area contributed by atoms with Crippen LogP contribution in [0.3, 0.4) is 0 Å². The lowest BCUT2D eigenvalue weighted by atomic mass is 10.0. The zero-order chi connectivity index (χ0) is 16.4. The SMILES string of the molecule is C=Cc1ccccc1C(CC)O[Si]C(CC)(OCC)OCC. The monoisotopic (exact) mass is 320 g/mol. The Bertz CT molecular complexity index is 442. The average molecular weight is 321 g/mol. The highest BCUT2D eigenvalue weighted by atomic mass is 28.2. The maximum absolute atomic E-state index is 6.21. The molecule has 1 aromatic carbocycles. The Morgan fingerprint density at radius 2 is 1.77 bits per heavy atom. The van der Waals surface area contributed by atoms with Crippen LogP contribution in [0.2, 0.25) is 0 Å². The van der Waals surface area contributed by atoms with Crippen molar-refractivity contribution in [1.82, 2.24) is 0 Å². The number of ether oxygens (including phenoxy) is 2. The van der Waals surface area contributed by atoms with E-state index in [4.69, 9.17) is 13.9 Å². The number of hydrogen-bond donors (Lipinski definition) is 0.